The van der Waals surface area contributed by atoms with Crippen molar-refractivity contribution in [2.24, 2.45) is 0 Å². The van der Waals surface area contributed by atoms with E-state index in [0.717, 1.165) is 4.80 Å². The summed E-state index contributed by atoms with van der Waals surface area (Å²) in [7, 11) is 0. The van der Waals surface area contributed by atoms with Gasteiger partial charge in [0.1, 0.15) is 13.2 Å². The molecule has 106 valence electrons. The fraction of sp³-hybridized carbons (Fsp3) is 0.700. The number of carbonyl (C=O) groups is 2. The molecular weight excluding hydrogens is 256 g/mol. The van der Waals surface area contributed by atoms with Gasteiger partial charge in [-0.15, -0.1) is 15.0 Å². The second kappa shape index (κ2) is 7.41. The molecule has 1 aromatic rings. The van der Waals surface area contributed by atoms with Crippen LogP contribution in [-0.4, -0.2) is 45.4 Å². The van der Waals surface area contributed by atoms with E-state index in [1.165, 1.54) is 6.92 Å². The van der Waals surface area contributed by atoms with Crippen molar-refractivity contribution in [2.45, 2.75) is 33.6 Å². The smallest absolute Gasteiger partial charge is 0.435 e. The molecule has 1 aromatic heterocycles. The molecule has 9 heteroatoms. The van der Waals surface area contributed by atoms with Crippen molar-refractivity contribution in [1.29, 1.82) is 0 Å². The Kier molecular flexibility index (Phi) is 5.86. The van der Waals surface area contributed by atoms with E-state index in [1.807, 2.05) is 0 Å². The molecule has 1 heterocycles. The summed E-state index contributed by atoms with van der Waals surface area (Å²) in [6.45, 7) is 4.93. The molecule has 0 bridgehead atoms. The van der Waals surface area contributed by atoms with Gasteiger partial charge in [-0.2, -0.15) is 0 Å². The van der Waals surface area contributed by atoms with Crippen LogP contribution >= 0.6 is 0 Å². The van der Waals surface area contributed by atoms with Crippen LogP contribution in [0.5, 0.6) is 0 Å². The molecule has 0 unspecified atom stereocenters. The van der Waals surface area contributed by atoms with E-state index in [2.05, 4.69) is 20.1 Å². The molecule has 0 aliphatic heterocycles. The lowest BCUT2D eigenvalue weighted by atomic mass is 10.5. The second-order valence-corrected chi connectivity index (χ2v) is 3.62. The summed E-state index contributed by atoms with van der Waals surface area (Å²) < 4.78 is 14.5. The van der Waals surface area contributed by atoms with Gasteiger partial charge in [-0.1, -0.05) is 0 Å². The standard InChI is InChI=1S/C10H16N4O5/c1-4-18-10(16)19-8(3)14-12-9(11-13-14)6-17-5-7(2)15/h8H,4-6H2,1-3H3/t8-/m0/s1. The van der Waals surface area contributed by atoms with Gasteiger partial charge in [0.2, 0.25) is 12.1 Å². The van der Waals surface area contributed by atoms with Crippen LogP contribution in [-0.2, 0) is 25.6 Å². The fourth-order valence-corrected chi connectivity index (χ4v) is 1.09. The second-order valence-electron chi connectivity index (χ2n) is 3.62. The fourth-order valence-electron chi connectivity index (χ4n) is 1.09. The Morgan fingerprint density at radius 3 is 2.79 bits per heavy atom. The van der Waals surface area contributed by atoms with Gasteiger partial charge in [0.25, 0.3) is 0 Å². The maximum absolute atomic E-state index is 11.1. The van der Waals surface area contributed by atoms with Crippen LogP contribution in [0, 0.1) is 0 Å². The van der Waals surface area contributed by atoms with Gasteiger partial charge in [0.05, 0.1) is 6.61 Å². The molecule has 1 atom stereocenters. The van der Waals surface area contributed by atoms with Crippen LogP contribution in [0.25, 0.3) is 0 Å². The number of aromatic nitrogens is 4. The zero-order valence-electron chi connectivity index (χ0n) is 11.0. The number of ketones is 1. The Hall–Kier alpha value is -2.03. The van der Waals surface area contributed by atoms with Gasteiger partial charge >= 0.3 is 6.16 Å². The first-order valence-electron chi connectivity index (χ1n) is 5.72. The third-order valence-corrected chi connectivity index (χ3v) is 1.86. The summed E-state index contributed by atoms with van der Waals surface area (Å²) >= 11 is 0. The van der Waals surface area contributed by atoms with Gasteiger partial charge < -0.3 is 14.2 Å². The van der Waals surface area contributed by atoms with Gasteiger partial charge in [-0.3, -0.25) is 4.79 Å². The average Bonchev–Trinajstić information content (AvgIpc) is 2.77. The van der Waals surface area contributed by atoms with E-state index in [4.69, 9.17) is 9.47 Å². The molecule has 0 spiro atoms. The highest BCUT2D eigenvalue weighted by Crippen LogP contribution is 2.05. The lowest BCUT2D eigenvalue weighted by Crippen LogP contribution is -2.18. The quantitative estimate of drug-likeness (QED) is 0.659. The summed E-state index contributed by atoms with van der Waals surface area (Å²) in [6.07, 6.45) is -1.55. The predicted octanol–water partition coefficient (Wildman–Crippen LogP) is 0.470. The first-order chi connectivity index (χ1) is 9.02. The largest absolute Gasteiger partial charge is 0.510 e. The Morgan fingerprint density at radius 1 is 1.42 bits per heavy atom. The maximum atomic E-state index is 11.1. The highest BCUT2D eigenvalue weighted by atomic mass is 16.7. The Bertz CT molecular complexity index is 433. The minimum atomic E-state index is -0.804. The number of hydrogen-bond donors (Lipinski definition) is 0. The number of carbonyl (C=O) groups excluding carboxylic acids is 2. The molecule has 0 aliphatic carbocycles. The monoisotopic (exact) mass is 272 g/mol. The lowest BCUT2D eigenvalue weighted by molar-refractivity contribution is -0.121. The minimum absolute atomic E-state index is 0.0105. The topological polar surface area (TPSA) is 105 Å². The first-order valence-corrected chi connectivity index (χ1v) is 5.72. The molecule has 0 aliphatic rings. The number of hydrogen-bond acceptors (Lipinski definition) is 8. The van der Waals surface area contributed by atoms with Crippen molar-refractivity contribution >= 4 is 11.9 Å². The number of rotatable bonds is 7. The molecule has 0 saturated heterocycles. The van der Waals surface area contributed by atoms with Crippen LogP contribution in [0.15, 0.2) is 0 Å². The third kappa shape index (κ3) is 5.42. The molecule has 0 saturated carbocycles. The van der Waals surface area contributed by atoms with Crippen molar-refractivity contribution in [3.8, 4) is 0 Å². The van der Waals surface area contributed by atoms with Crippen LogP contribution in [0.3, 0.4) is 0 Å². The van der Waals surface area contributed by atoms with E-state index in [0.29, 0.717) is 5.82 Å². The zero-order valence-corrected chi connectivity index (χ0v) is 11.0. The van der Waals surface area contributed by atoms with Crippen molar-refractivity contribution < 1.29 is 23.8 Å². The number of nitrogens with zero attached hydrogens (tertiary/aromatic N) is 4. The summed E-state index contributed by atoms with van der Waals surface area (Å²) in [5, 5.41) is 11.4. The van der Waals surface area contributed by atoms with Crippen molar-refractivity contribution in [3.63, 3.8) is 0 Å². The van der Waals surface area contributed by atoms with Crippen molar-refractivity contribution in [1.82, 2.24) is 20.2 Å². The van der Waals surface area contributed by atoms with Crippen molar-refractivity contribution in [2.75, 3.05) is 13.2 Å². The van der Waals surface area contributed by atoms with Crippen LogP contribution in [0.4, 0.5) is 4.79 Å². The van der Waals surface area contributed by atoms with E-state index in [-0.39, 0.29) is 25.6 Å². The highest BCUT2D eigenvalue weighted by molar-refractivity contribution is 5.76. The normalized spacial score (nSPS) is 11.9. The molecule has 0 radical (unpaired) electrons. The van der Waals surface area contributed by atoms with E-state index in [1.54, 1.807) is 13.8 Å². The lowest BCUT2D eigenvalue weighted by Gasteiger charge is -2.10. The molecule has 0 amide bonds. The van der Waals surface area contributed by atoms with Crippen LogP contribution in [0.2, 0.25) is 0 Å². The highest BCUT2D eigenvalue weighted by Gasteiger charge is 2.15. The molecule has 0 N–H and O–H groups in total. The average molecular weight is 272 g/mol. The van der Waals surface area contributed by atoms with E-state index >= 15 is 0 Å². The summed E-state index contributed by atoms with van der Waals surface area (Å²) in [6, 6.07) is 0. The number of ether oxygens (including phenoxy) is 3. The molecule has 0 aromatic carbocycles. The number of tetrazole rings is 1. The minimum Gasteiger partial charge on any atom is -0.435 e. The van der Waals surface area contributed by atoms with Gasteiger partial charge in [-0.25, -0.2) is 4.79 Å². The van der Waals surface area contributed by atoms with Crippen LogP contribution < -0.4 is 0 Å². The van der Waals surface area contributed by atoms with Gasteiger partial charge in [0, 0.05) is 0 Å². The third-order valence-electron chi connectivity index (χ3n) is 1.86. The Balaban J connectivity index is 2.44. The summed E-state index contributed by atoms with van der Waals surface area (Å²) in [5.74, 6) is 0.201. The summed E-state index contributed by atoms with van der Waals surface area (Å²) in [4.78, 5) is 22.9. The first kappa shape index (κ1) is 15.0. The molecule has 9 nitrogen and oxygen atoms in total. The molecule has 0 fully saturated rings. The van der Waals surface area contributed by atoms with E-state index < -0.39 is 12.4 Å². The van der Waals surface area contributed by atoms with E-state index in [9.17, 15) is 9.59 Å². The maximum Gasteiger partial charge on any atom is 0.510 e. The SMILES string of the molecule is CCOC(=O)O[C@@H](C)n1nnc(COCC(C)=O)n1. The summed E-state index contributed by atoms with van der Waals surface area (Å²) in [5.41, 5.74) is 0. The Morgan fingerprint density at radius 2 is 2.16 bits per heavy atom. The van der Waals surface area contributed by atoms with Gasteiger partial charge in [0.15, 0.2) is 5.78 Å². The molecular formula is C10H16N4O5. The Labute approximate surface area is 109 Å². The zero-order chi connectivity index (χ0) is 14.3. The molecule has 1 rings (SSSR count). The van der Waals surface area contributed by atoms with Gasteiger partial charge in [-0.05, 0) is 26.0 Å². The van der Waals surface area contributed by atoms with Crippen molar-refractivity contribution in [3.05, 3.63) is 5.82 Å². The number of Topliss-reactive ketones (excluding diaryl/α,β-unsaturated/α-hetero) is 1. The molecule has 19 heavy (non-hydrogen) atoms. The predicted molar refractivity (Wildman–Crippen MR) is 61.0 cm³/mol. The van der Waals surface area contributed by atoms with Crippen LogP contribution in [0.1, 0.15) is 32.8 Å².